The Morgan fingerprint density at radius 2 is 2.10 bits per heavy atom. The Labute approximate surface area is 137 Å². The third-order valence-electron chi connectivity index (χ3n) is 2.61. The van der Waals surface area contributed by atoms with Crippen LogP contribution < -0.4 is 5.32 Å². The maximum atomic E-state index is 13.7. The number of esters is 1. The van der Waals surface area contributed by atoms with E-state index in [-0.39, 0.29) is 11.3 Å². The molecule has 21 heavy (non-hydrogen) atoms. The van der Waals surface area contributed by atoms with Crippen LogP contribution >= 0.6 is 38.9 Å². The van der Waals surface area contributed by atoms with Crippen molar-refractivity contribution in [1.29, 1.82) is 0 Å². The number of benzene rings is 1. The molecule has 1 N–H and O–H groups in total. The van der Waals surface area contributed by atoms with Gasteiger partial charge >= 0.3 is 5.97 Å². The summed E-state index contributed by atoms with van der Waals surface area (Å²) in [6.07, 6.45) is 0. The summed E-state index contributed by atoms with van der Waals surface area (Å²) < 4.78 is 33.0. The van der Waals surface area contributed by atoms with Crippen molar-refractivity contribution in [3.63, 3.8) is 0 Å². The Kier molecular flexibility index (Phi) is 5.18. The topological polar surface area (TPSA) is 38.3 Å². The van der Waals surface area contributed by atoms with E-state index < -0.39 is 17.6 Å². The van der Waals surface area contributed by atoms with Gasteiger partial charge in [0.1, 0.15) is 16.0 Å². The first-order valence-corrected chi connectivity index (χ1v) is 7.66. The van der Waals surface area contributed by atoms with Gasteiger partial charge in [-0.3, -0.25) is 0 Å². The van der Waals surface area contributed by atoms with Gasteiger partial charge in [-0.15, -0.1) is 11.3 Å². The van der Waals surface area contributed by atoms with E-state index in [4.69, 9.17) is 11.6 Å². The van der Waals surface area contributed by atoms with Crippen LogP contribution in [0.25, 0.3) is 0 Å². The molecule has 112 valence electrons. The Morgan fingerprint density at radius 1 is 1.38 bits per heavy atom. The van der Waals surface area contributed by atoms with E-state index in [0.717, 1.165) is 22.5 Å². The van der Waals surface area contributed by atoms with Gasteiger partial charge in [0.2, 0.25) is 0 Å². The molecule has 1 aromatic carbocycles. The smallest absolute Gasteiger partial charge is 0.340 e. The predicted molar refractivity (Wildman–Crippen MR) is 82.1 cm³/mol. The van der Waals surface area contributed by atoms with Crippen LogP contribution in [0.3, 0.4) is 0 Å². The van der Waals surface area contributed by atoms with Gasteiger partial charge in [0.25, 0.3) is 0 Å². The molecule has 2 aromatic rings. The number of nitrogens with one attached hydrogen (secondary N) is 1. The van der Waals surface area contributed by atoms with Crippen molar-refractivity contribution < 1.29 is 18.3 Å². The molecule has 1 heterocycles. The van der Waals surface area contributed by atoms with E-state index in [1.807, 2.05) is 0 Å². The second kappa shape index (κ2) is 6.72. The summed E-state index contributed by atoms with van der Waals surface area (Å²) in [7, 11) is 1.13. The molecule has 0 aliphatic heterocycles. The van der Waals surface area contributed by atoms with Gasteiger partial charge in [0.15, 0.2) is 0 Å². The molecule has 8 heteroatoms. The van der Waals surface area contributed by atoms with E-state index >= 15 is 0 Å². The fraction of sp³-hybridized carbons (Fsp3) is 0.154. The Hall–Kier alpha value is -1.18. The lowest BCUT2D eigenvalue weighted by Gasteiger charge is -2.09. The van der Waals surface area contributed by atoms with Gasteiger partial charge in [0, 0.05) is 22.0 Å². The van der Waals surface area contributed by atoms with Crippen molar-refractivity contribution in [2.75, 3.05) is 12.4 Å². The lowest BCUT2D eigenvalue weighted by Crippen LogP contribution is -2.08. The summed E-state index contributed by atoms with van der Waals surface area (Å²) >= 11 is 10.5. The van der Waals surface area contributed by atoms with Crippen LogP contribution in [0.4, 0.5) is 14.5 Å². The summed E-state index contributed by atoms with van der Waals surface area (Å²) in [6.45, 7) is 0.291. The monoisotopic (exact) mass is 395 g/mol. The summed E-state index contributed by atoms with van der Waals surface area (Å²) in [5.74, 6) is -2.62. The first-order chi connectivity index (χ1) is 9.92. The molecule has 0 aliphatic rings. The van der Waals surface area contributed by atoms with E-state index in [2.05, 4.69) is 26.0 Å². The van der Waals surface area contributed by atoms with Crippen molar-refractivity contribution in [3.05, 3.63) is 49.1 Å². The molecular weight excluding hydrogens is 388 g/mol. The van der Waals surface area contributed by atoms with Crippen molar-refractivity contribution in [2.45, 2.75) is 6.54 Å². The lowest BCUT2D eigenvalue weighted by atomic mass is 10.1. The Bertz CT molecular complexity index is 674. The zero-order valence-electron chi connectivity index (χ0n) is 10.7. The molecule has 2 rings (SSSR count). The highest BCUT2D eigenvalue weighted by atomic mass is 79.9. The molecule has 0 bridgehead atoms. The standard InChI is InChI=1S/C13H9BrClF2NO2S/c1-20-13(19)7-3-11(10(17)4-9(7)16)18-5-6-2-8(14)12(15)21-6/h2-4,18H,5H2,1H3. The molecule has 0 atom stereocenters. The van der Waals surface area contributed by atoms with E-state index in [0.29, 0.717) is 16.9 Å². The van der Waals surface area contributed by atoms with Crippen LogP contribution in [0.5, 0.6) is 0 Å². The molecule has 1 aromatic heterocycles. The van der Waals surface area contributed by atoms with Gasteiger partial charge in [-0.05, 0) is 28.1 Å². The number of anilines is 1. The molecular formula is C13H9BrClF2NO2S. The van der Waals surface area contributed by atoms with Crippen molar-refractivity contribution >= 4 is 50.5 Å². The van der Waals surface area contributed by atoms with Crippen molar-refractivity contribution in [1.82, 2.24) is 0 Å². The third kappa shape index (κ3) is 3.72. The van der Waals surface area contributed by atoms with Crippen LogP contribution in [0, 0.1) is 11.6 Å². The maximum absolute atomic E-state index is 13.7. The number of carbonyl (C=O) groups excluding carboxylic acids is 1. The molecule has 0 fully saturated rings. The SMILES string of the molecule is COC(=O)c1cc(NCc2cc(Br)c(Cl)s2)c(F)cc1F. The number of hydrogen-bond donors (Lipinski definition) is 1. The van der Waals surface area contributed by atoms with Crippen molar-refractivity contribution in [3.8, 4) is 0 Å². The highest BCUT2D eigenvalue weighted by Crippen LogP contribution is 2.32. The van der Waals surface area contributed by atoms with Crippen LogP contribution in [0.15, 0.2) is 22.7 Å². The minimum atomic E-state index is -0.966. The lowest BCUT2D eigenvalue weighted by molar-refractivity contribution is 0.0595. The average molecular weight is 397 g/mol. The van der Waals surface area contributed by atoms with Crippen LogP contribution in [0.2, 0.25) is 4.34 Å². The molecule has 0 spiro atoms. The number of rotatable bonds is 4. The number of halogens is 4. The van der Waals surface area contributed by atoms with E-state index in [1.54, 1.807) is 6.07 Å². The van der Waals surface area contributed by atoms with Gasteiger partial charge in [-0.25, -0.2) is 13.6 Å². The van der Waals surface area contributed by atoms with Gasteiger partial charge in [-0.1, -0.05) is 11.6 Å². The van der Waals surface area contributed by atoms with Crippen LogP contribution in [0.1, 0.15) is 15.2 Å². The van der Waals surface area contributed by atoms with Crippen molar-refractivity contribution in [2.24, 2.45) is 0 Å². The molecule has 0 amide bonds. The maximum Gasteiger partial charge on any atom is 0.340 e. The summed E-state index contributed by atoms with van der Waals surface area (Å²) in [6, 6.07) is 3.52. The highest BCUT2D eigenvalue weighted by molar-refractivity contribution is 9.10. The summed E-state index contributed by atoms with van der Waals surface area (Å²) in [5.41, 5.74) is -0.316. The number of methoxy groups -OCH3 is 1. The fourth-order valence-corrected chi connectivity index (χ4v) is 3.34. The number of carbonyl (C=O) groups is 1. The van der Waals surface area contributed by atoms with E-state index in [1.165, 1.54) is 11.3 Å². The minimum absolute atomic E-state index is 0.0115. The molecule has 3 nitrogen and oxygen atoms in total. The Morgan fingerprint density at radius 3 is 2.67 bits per heavy atom. The number of ether oxygens (including phenoxy) is 1. The largest absolute Gasteiger partial charge is 0.465 e. The first-order valence-electron chi connectivity index (χ1n) is 5.67. The number of hydrogen-bond acceptors (Lipinski definition) is 4. The normalized spacial score (nSPS) is 10.5. The molecule has 0 radical (unpaired) electrons. The van der Waals surface area contributed by atoms with Crippen LogP contribution in [-0.2, 0) is 11.3 Å². The van der Waals surface area contributed by atoms with Gasteiger partial charge in [-0.2, -0.15) is 0 Å². The van der Waals surface area contributed by atoms with E-state index in [9.17, 15) is 13.6 Å². The quantitative estimate of drug-likeness (QED) is 0.752. The second-order valence-electron chi connectivity index (χ2n) is 3.99. The molecule has 0 saturated heterocycles. The fourth-order valence-electron chi connectivity index (χ4n) is 1.61. The molecule has 0 aliphatic carbocycles. The zero-order chi connectivity index (χ0) is 15.6. The average Bonchev–Trinajstić information content (AvgIpc) is 2.76. The Balaban J connectivity index is 2.21. The van der Waals surface area contributed by atoms with Gasteiger partial charge < -0.3 is 10.1 Å². The van der Waals surface area contributed by atoms with Crippen LogP contribution in [-0.4, -0.2) is 13.1 Å². The third-order valence-corrected chi connectivity index (χ3v) is 5.09. The number of thiophene rings is 1. The summed E-state index contributed by atoms with van der Waals surface area (Å²) in [4.78, 5) is 12.2. The highest BCUT2D eigenvalue weighted by Gasteiger charge is 2.16. The zero-order valence-corrected chi connectivity index (χ0v) is 13.8. The first kappa shape index (κ1) is 16.2. The minimum Gasteiger partial charge on any atom is -0.465 e. The molecule has 0 saturated carbocycles. The summed E-state index contributed by atoms with van der Waals surface area (Å²) in [5, 5.41) is 2.80. The van der Waals surface area contributed by atoms with Gasteiger partial charge in [0.05, 0.1) is 18.4 Å². The predicted octanol–water partition coefficient (Wildman–Crippen LogP) is 4.84. The molecule has 0 unspecified atom stereocenters. The second-order valence-corrected chi connectivity index (χ2v) is 6.58.